The van der Waals surface area contributed by atoms with Crippen LogP contribution in [0.25, 0.3) is 0 Å². The maximum absolute atomic E-state index is 13.1. The first kappa shape index (κ1) is 33.5. The molecule has 1 aliphatic rings. The average Bonchev–Trinajstić information content (AvgIpc) is 3.38. The maximum atomic E-state index is 13.1. The molecule has 2 atom stereocenters. The SMILES string of the molecule is CCCCOc1ccc(C=NNC(=O)C(C)Oc2ccc(C(=O)Nc3sc4c(c3C(=O)OCC)CCC(C)C4)cc2)cc1OC. The van der Waals surface area contributed by atoms with E-state index >= 15 is 0 Å². The molecule has 2 aromatic carbocycles. The van der Waals surface area contributed by atoms with Gasteiger partial charge in [-0.25, -0.2) is 10.2 Å². The van der Waals surface area contributed by atoms with Crippen LogP contribution in [0.1, 0.15) is 83.7 Å². The zero-order chi connectivity index (χ0) is 32.3. The average molecular weight is 636 g/mol. The molecule has 1 aliphatic carbocycles. The number of hydrogen-bond acceptors (Lipinski definition) is 9. The van der Waals surface area contributed by atoms with E-state index < -0.39 is 18.0 Å². The van der Waals surface area contributed by atoms with Crippen LogP contribution >= 0.6 is 11.3 Å². The molecule has 3 aromatic rings. The lowest BCUT2D eigenvalue weighted by atomic mass is 9.88. The van der Waals surface area contributed by atoms with Gasteiger partial charge in [-0.05, 0) is 99.0 Å². The first-order valence-corrected chi connectivity index (χ1v) is 16.1. The van der Waals surface area contributed by atoms with E-state index in [4.69, 9.17) is 18.9 Å². The summed E-state index contributed by atoms with van der Waals surface area (Å²) < 4.78 is 22.2. The van der Waals surface area contributed by atoms with E-state index in [0.29, 0.717) is 45.9 Å². The molecule has 1 heterocycles. The predicted molar refractivity (Wildman–Crippen MR) is 175 cm³/mol. The van der Waals surface area contributed by atoms with Gasteiger partial charge in [-0.2, -0.15) is 5.10 Å². The van der Waals surface area contributed by atoms with Crippen LogP contribution in [0.5, 0.6) is 17.2 Å². The van der Waals surface area contributed by atoms with Crippen molar-refractivity contribution in [3.63, 3.8) is 0 Å². The molecule has 2 amide bonds. The fourth-order valence-electron chi connectivity index (χ4n) is 4.85. The number of thiophene rings is 1. The number of amides is 2. The third kappa shape index (κ3) is 8.85. The van der Waals surface area contributed by atoms with E-state index in [0.717, 1.165) is 48.1 Å². The van der Waals surface area contributed by atoms with Crippen molar-refractivity contribution in [2.24, 2.45) is 11.0 Å². The number of hydrazone groups is 1. The standard InChI is InChI=1S/C34H41N3O7S/c1-6-8-17-43-27-16-10-23(19-28(27)41-5)20-35-37-31(38)22(4)44-25-13-11-24(12-14-25)32(39)36-33-30(34(40)42-7-2)26-15-9-21(3)18-29(26)45-33/h10-14,16,19-22H,6-9,15,17-18H2,1-5H3,(H,36,39)(H,37,38). The summed E-state index contributed by atoms with van der Waals surface area (Å²) in [4.78, 5) is 39.6. The zero-order valence-electron chi connectivity index (χ0n) is 26.4. The lowest BCUT2D eigenvalue weighted by Crippen LogP contribution is -2.33. The van der Waals surface area contributed by atoms with Crippen molar-refractivity contribution < 1.29 is 33.3 Å². The summed E-state index contributed by atoms with van der Waals surface area (Å²) in [7, 11) is 1.57. The molecule has 0 spiro atoms. The molecule has 1 aromatic heterocycles. The Morgan fingerprint density at radius 1 is 1.11 bits per heavy atom. The molecule has 0 saturated heterocycles. The highest BCUT2D eigenvalue weighted by atomic mass is 32.1. The first-order valence-electron chi connectivity index (χ1n) is 15.3. The number of carbonyl (C=O) groups is 3. The Bertz CT molecular complexity index is 1520. The van der Waals surface area contributed by atoms with Crippen LogP contribution in [-0.4, -0.2) is 50.4 Å². The second-order valence-corrected chi connectivity index (χ2v) is 12.0. The smallest absolute Gasteiger partial charge is 0.341 e. The summed E-state index contributed by atoms with van der Waals surface area (Å²) >= 11 is 1.44. The molecule has 0 radical (unpaired) electrons. The minimum Gasteiger partial charge on any atom is -0.493 e. The Morgan fingerprint density at radius 3 is 2.60 bits per heavy atom. The Kier molecular flexibility index (Phi) is 12.0. The monoisotopic (exact) mass is 635 g/mol. The van der Waals surface area contributed by atoms with Gasteiger partial charge in [0.1, 0.15) is 10.8 Å². The molecule has 0 fully saturated rings. The van der Waals surface area contributed by atoms with Crippen LogP contribution in [0.15, 0.2) is 47.6 Å². The number of nitrogens with one attached hydrogen (secondary N) is 2. The number of nitrogens with zero attached hydrogens (tertiary/aromatic N) is 1. The largest absolute Gasteiger partial charge is 0.493 e. The van der Waals surface area contributed by atoms with Crippen LogP contribution in [-0.2, 0) is 22.4 Å². The Labute approximate surface area is 268 Å². The van der Waals surface area contributed by atoms with Gasteiger partial charge in [-0.1, -0.05) is 20.3 Å². The molecular weight excluding hydrogens is 594 g/mol. The van der Waals surface area contributed by atoms with Crippen molar-refractivity contribution in [3.8, 4) is 17.2 Å². The van der Waals surface area contributed by atoms with Gasteiger partial charge in [0.05, 0.1) is 32.1 Å². The quantitative estimate of drug-likeness (QED) is 0.0908. The molecule has 11 heteroatoms. The Morgan fingerprint density at radius 2 is 1.89 bits per heavy atom. The molecule has 0 bridgehead atoms. The number of rotatable bonds is 14. The predicted octanol–water partition coefficient (Wildman–Crippen LogP) is 6.41. The van der Waals surface area contributed by atoms with Gasteiger partial charge in [0.15, 0.2) is 17.6 Å². The summed E-state index contributed by atoms with van der Waals surface area (Å²) in [6.45, 7) is 8.53. The number of carbonyl (C=O) groups excluding carboxylic acids is 3. The van der Waals surface area contributed by atoms with E-state index in [1.165, 1.54) is 17.6 Å². The van der Waals surface area contributed by atoms with E-state index in [1.54, 1.807) is 57.4 Å². The fraction of sp³-hybridized carbons (Fsp3) is 0.412. The Balaban J connectivity index is 1.33. The van der Waals surface area contributed by atoms with Crippen molar-refractivity contribution in [1.29, 1.82) is 0 Å². The van der Waals surface area contributed by atoms with E-state index in [-0.39, 0.29) is 12.5 Å². The van der Waals surface area contributed by atoms with Crippen LogP contribution in [0.4, 0.5) is 5.00 Å². The third-order valence-corrected chi connectivity index (χ3v) is 8.52. The van der Waals surface area contributed by atoms with Gasteiger partial charge in [0.2, 0.25) is 0 Å². The van der Waals surface area contributed by atoms with Crippen molar-refractivity contribution >= 4 is 40.3 Å². The maximum Gasteiger partial charge on any atom is 0.341 e. The third-order valence-electron chi connectivity index (χ3n) is 7.35. The van der Waals surface area contributed by atoms with E-state index in [1.807, 2.05) is 6.07 Å². The Hall–Kier alpha value is -4.38. The highest BCUT2D eigenvalue weighted by Crippen LogP contribution is 2.40. The summed E-state index contributed by atoms with van der Waals surface area (Å²) in [6, 6.07) is 11.9. The van der Waals surface area contributed by atoms with Gasteiger partial charge >= 0.3 is 5.97 Å². The first-order chi connectivity index (χ1) is 21.7. The topological polar surface area (TPSA) is 125 Å². The number of benzene rings is 2. The van der Waals surface area contributed by atoms with Crippen LogP contribution < -0.4 is 25.0 Å². The van der Waals surface area contributed by atoms with E-state index in [2.05, 4.69) is 29.7 Å². The van der Waals surface area contributed by atoms with Crippen molar-refractivity contribution in [2.45, 2.75) is 65.9 Å². The molecule has 10 nitrogen and oxygen atoms in total. The number of ether oxygens (including phenoxy) is 4. The van der Waals surface area contributed by atoms with Crippen molar-refractivity contribution in [1.82, 2.24) is 5.43 Å². The molecule has 240 valence electrons. The van der Waals surface area contributed by atoms with Crippen molar-refractivity contribution in [3.05, 3.63) is 69.6 Å². The normalized spacial score (nSPS) is 14.7. The highest BCUT2D eigenvalue weighted by Gasteiger charge is 2.29. The van der Waals surface area contributed by atoms with E-state index in [9.17, 15) is 14.4 Å². The van der Waals surface area contributed by atoms with Gasteiger partial charge < -0.3 is 24.3 Å². The van der Waals surface area contributed by atoms with Crippen LogP contribution in [0.2, 0.25) is 0 Å². The zero-order valence-corrected chi connectivity index (χ0v) is 27.3. The fourth-order valence-corrected chi connectivity index (χ4v) is 6.24. The van der Waals surface area contributed by atoms with Gasteiger partial charge in [0.25, 0.3) is 11.8 Å². The molecule has 4 rings (SSSR count). The summed E-state index contributed by atoms with van der Waals surface area (Å²) in [5, 5.41) is 7.47. The molecule has 2 unspecified atom stereocenters. The van der Waals surface area contributed by atoms with Crippen LogP contribution in [0, 0.1) is 5.92 Å². The summed E-state index contributed by atoms with van der Waals surface area (Å²) in [5.74, 6) is 0.964. The number of fused-ring (bicyclic) bond motifs is 1. The van der Waals surface area contributed by atoms with Gasteiger partial charge in [-0.15, -0.1) is 11.3 Å². The highest BCUT2D eigenvalue weighted by molar-refractivity contribution is 7.17. The molecule has 45 heavy (non-hydrogen) atoms. The summed E-state index contributed by atoms with van der Waals surface area (Å²) in [5.41, 5.74) is 5.04. The minimum absolute atomic E-state index is 0.260. The van der Waals surface area contributed by atoms with Gasteiger partial charge in [0, 0.05) is 10.4 Å². The van der Waals surface area contributed by atoms with Gasteiger partial charge in [-0.3, -0.25) is 9.59 Å². The number of unbranched alkanes of at least 4 members (excludes halogenated alkanes) is 1. The lowest BCUT2D eigenvalue weighted by molar-refractivity contribution is -0.127. The minimum atomic E-state index is -0.849. The molecule has 0 saturated carbocycles. The number of esters is 1. The second kappa shape index (κ2) is 16.1. The lowest BCUT2D eigenvalue weighted by Gasteiger charge is -2.18. The number of hydrogen-bond donors (Lipinski definition) is 2. The van der Waals surface area contributed by atoms with Crippen LogP contribution in [0.3, 0.4) is 0 Å². The summed E-state index contributed by atoms with van der Waals surface area (Å²) in [6.07, 6.45) is 5.30. The van der Waals surface area contributed by atoms with Crippen molar-refractivity contribution in [2.75, 3.05) is 25.6 Å². The second-order valence-electron chi connectivity index (χ2n) is 10.9. The molecular formula is C34H41N3O7S. The number of methoxy groups -OCH3 is 1. The molecule has 2 N–H and O–H groups in total. The molecule has 0 aliphatic heterocycles. The number of anilines is 1.